The first-order valence-electron chi connectivity index (χ1n) is 34.3. The first-order valence-corrected chi connectivity index (χ1v) is 34.3. The molecule has 4 aromatic carbocycles. The molecule has 0 saturated carbocycles. The van der Waals surface area contributed by atoms with E-state index in [1.807, 2.05) is 0 Å². The number of rotatable bonds is 16. The van der Waals surface area contributed by atoms with Crippen LogP contribution in [0.1, 0.15) is 88.0 Å². The summed E-state index contributed by atoms with van der Waals surface area (Å²) >= 11 is 0. The molecule has 548 valence electrons. The Labute approximate surface area is 593 Å². The summed E-state index contributed by atoms with van der Waals surface area (Å²) in [5, 5.41) is 60.3. The number of aromatic nitrogens is 6. The van der Waals surface area contributed by atoms with Crippen molar-refractivity contribution in [3.05, 3.63) is 155 Å². The van der Waals surface area contributed by atoms with Gasteiger partial charge in [-0.15, -0.1) is 10.2 Å². The highest BCUT2D eigenvalue weighted by Gasteiger charge is 2.36. The third kappa shape index (κ3) is 24.9. The number of ether oxygens (including phenoxy) is 2. The van der Waals surface area contributed by atoms with E-state index in [-0.39, 0.29) is 64.8 Å². The average Bonchev–Trinajstić information content (AvgIpc) is 1.03. The number of carbonyl (C=O) groups is 10. The Kier molecular flexibility index (Phi) is 30.4. The van der Waals surface area contributed by atoms with Gasteiger partial charge in [0.25, 0.3) is 0 Å². The molecule has 8 amide bonds. The smallest absolute Gasteiger partial charge is 0.326 e. The number of aryl methyl sites for hydroxylation is 2. The van der Waals surface area contributed by atoms with E-state index in [0.29, 0.717) is 71.1 Å². The van der Waals surface area contributed by atoms with Crippen molar-refractivity contribution in [2.24, 2.45) is 11.8 Å². The third-order valence-electron chi connectivity index (χ3n) is 17.3. The van der Waals surface area contributed by atoms with Crippen LogP contribution in [0, 0.1) is 11.8 Å². The van der Waals surface area contributed by atoms with Gasteiger partial charge in [-0.3, -0.25) is 47.7 Å². The molecule has 6 heterocycles. The van der Waals surface area contributed by atoms with Crippen molar-refractivity contribution in [2.75, 3.05) is 53.5 Å². The number of benzene rings is 4. The number of hydrogen-bond acceptors (Lipinski definition) is 18. The van der Waals surface area contributed by atoms with Crippen molar-refractivity contribution < 1.29 is 67.6 Å². The van der Waals surface area contributed by atoms with Crippen molar-refractivity contribution in [2.45, 2.75) is 154 Å². The highest BCUT2D eigenvalue weighted by molar-refractivity contribution is 5.96. The van der Waals surface area contributed by atoms with E-state index in [1.165, 1.54) is 9.80 Å². The molecule has 0 radical (unpaired) electrons. The van der Waals surface area contributed by atoms with Crippen LogP contribution in [0.2, 0.25) is 0 Å². The quantitative estimate of drug-likeness (QED) is 0.0655. The fourth-order valence-electron chi connectivity index (χ4n) is 11.0. The Morgan fingerprint density at radius 3 is 1.21 bits per heavy atom. The monoisotopic (exact) mass is 1410 g/mol. The number of nitrogens with one attached hydrogen (secondary N) is 8. The lowest BCUT2D eigenvalue weighted by Crippen LogP contribution is -2.57. The number of likely N-dealkylation sites (N-methyl/N-ethyl adjacent to an activating group) is 2. The predicted molar refractivity (Wildman–Crippen MR) is 375 cm³/mol. The number of nitrogens with zero attached hydrogens (tertiary/aromatic N) is 8. The van der Waals surface area contributed by atoms with Crippen molar-refractivity contribution >= 4 is 59.2 Å². The van der Waals surface area contributed by atoms with Crippen LogP contribution in [0.5, 0.6) is 11.5 Å². The first-order chi connectivity index (χ1) is 48.9. The van der Waals surface area contributed by atoms with Crippen LogP contribution in [-0.2, 0) is 99.6 Å². The summed E-state index contributed by atoms with van der Waals surface area (Å²) in [5.74, 6) is -7.61. The van der Waals surface area contributed by atoms with Crippen molar-refractivity contribution in [1.82, 2.24) is 82.3 Å². The van der Waals surface area contributed by atoms with E-state index in [0.717, 1.165) is 0 Å². The van der Waals surface area contributed by atoms with Gasteiger partial charge in [0.1, 0.15) is 47.8 Å². The van der Waals surface area contributed by atoms with E-state index in [4.69, 9.17) is 9.47 Å². The zero-order valence-corrected chi connectivity index (χ0v) is 59.0. The second-order valence-corrected chi connectivity index (χ2v) is 26.0. The molecule has 2 aromatic heterocycles. The van der Waals surface area contributed by atoms with Crippen LogP contribution < -0.4 is 52.0 Å². The summed E-state index contributed by atoms with van der Waals surface area (Å²) < 4.78 is 15.3. The van der Waals surface area contributed by atoms with Gasteiger partial charge >= 0.3 is 11.9 Å². The van der Waals surface area contributed by atoms with Gasteiger partial charge in [-0.05, 0) is 86.3 Å². The van der Waals surface area contributed by atoms with Crippen LogP contribution in [0.3, 0.4) is 0 Å². The lowest BCUT2D eigenvalue weighted by atomic mass is 10.0. The molecule has 8 bridgehead atoms. The molecule has 30 heteroatoms. The van der Waals surface area contributed by atoms with Gasteiger partial charge in [-0.2, -0.15) is 0 Å². The largest absolute Gasteiger partial charge is 0.494 e. The molecule has 30 nitrogen and oxygen atoms in total. The molecular weight excluding hydrogens is 1310 g/mol. The van der Waals surface area contributed by atoms with Crippen molar-refractivity contribution in [3.8, 4) is 11.5 Å². The van der Waals surface area contributed by atoms with Crippen LogP contribution >= 0.6 is 0 Å². The molecule has 6 aromatic rings. The molecule has 4 aliphatic rings. The summed E-state index contributed by atoms with van der Waals surface area (Å²) in [5.41, 5.74) is 3.36. The minimum atomic E-state index is -1.44. The normalized spacial score (nSPS) is 19.0. The summed E-state index contributed by atoms with van der Waals surface area (Å²) in [7, 11) is 3.22. The Morgan fingerprint density at radius 1 is 0.510 bits per heavy atom. The topological polar surface area (TPSA) is 394 Å². The second kappa shape index (κ2) is 39.4. The van der Waals surface area contributed by atoms with Crippen molar-refractivity contribution in [3.63, 3.8) is 0 Å². The minimum Gasteiger partial charge on any atom is -0.494 e. The zero-order valence-electron chi connectivity index (χ0n) is 59.0. The molecule has 102 heavy (non-hydrogen) atoms. The van der Waals surface area contributed by atoms with E-state index in [1.54, 1.807) is 187 Å². The molecule has 0 spiro atoms. The molecule has 10 rings (SSSR count). The average molecular weight is 1410 g/mol. The minimum absolute atomic E-state index is 0.0368. The molecule has 0 aliphatic carbocycles. The van der Waals surface area contributed by atoms with Gasteiger partial charge in [0.15, 0.2) is 0 Å². The number of amides is 8. The Hall–Kier alpha value is -10.6. The highest BCUT2D eigenvalue weighted by atomic mass is 16.5. The van der Waals surface area contributed by atoms with E-state index >= 15 is 0 Å². The van der Waals surface area contributed by atoms with Gasteiger partial charge in [0, 0.05) is 89.9 Å². The van der Waals surface area contributed by atoms with Gasteiger partial charge in [0.05, 0.1) is 49.8 Å². The molecule has 0 unspecified atom stereocenters. The van der Waals surface area contributed by atoms with Crippen LogP contribution in [-0.4, -0.2) is 211 Å². The maximum absolute atomic E-state index is 14.6. The van der Waals surface area contributed by atoms with Crippen LogP contribution in [0.15, 0.2) is 122 Å². The lowest BCUT2D eigenvalue weighted by molar-refractivity contribution is -0.143. The van der Waals surface area contributed by atoms with Gasteiger partial charge < -0.3 is 72.0 Å². The predicted octanol–water partition coefficient (Wildman–Crippen LogP) is 1.44. The summed E-state index contributed by atoms with van der Waals surface area (Å²) in [6, 6.07) is 22.1. The van der Waals surface area contributed by atoms with Gasteiger partial charge in [-0.1, -0.05) is 123 Å². The van der Waals surface area contributed by atoms with E-state index < -0.39 is 132 Å². The fraction of sp³-hybridized carbons (Fsp3) is 0.472. The Bertz CT molecular complexity index is 3500. The first kappa shape index (κ1) is 78.7. The maximum Gasteiger partial charge on any atom is 0.326 e. The molecule has 8 atom stereocenters. The maximum atomic E-state index is 14.6. The standard InChI is InChI=1S/C72H96N16O14/c1-45(2)63(79-65(91)47(5)73-7)69(95)85-33-29-53-41-87(83-81-53)31-15-35-101-55-27-23-52(24-28-55)40-60(72(99)100)78-68(94)58(38-50-19-13-10-14-20-50)76-62(90)44-86(70(96)64(46(3)4)80-66(92)48(6)74-8)34-30-54-42-88(84-82-54)32-16-36-102-56-25-21-51(22-26-56)39-59(71(97)98)77-67(93)57(75-61(89)43-85)37-49-17-11-9-12-18-49/h9-14,17-28,41-42,45-48,57-60,63-64,73-74H,15-16,29-40,43-44H2,1-8H3,(H,75,89)(H,76,90)(H,77,93)(H,78,94)(H,79,91)(H,80,92)(H,97,98)(H,99,100)/t47-,48-,57-,58-,59-,60-,63-,64-/m0/s1. The number of aliphatic carboxylic acids is 2. The summed E-state index contributed by atoms with van der Waals surface area (Å²) in [4.78, 5) is 141. The highest BCUT2D eigenvalue weighted by Crippen LogP contribution is 2.19. The van der Waals surface area contributed by atoms with Crippen LogP contribution in [0.25, 0.3) is 0 Å². The van der Waals surface area contributed by atoms with Gasteiger partial charge in [-0.25, -0.2) is 9.59 Å². The Morgan fingerprint density at radius 2 is 0.873 bits per heavy atom. The summed E-state index contributed by atoms with van der Waals surface area (Å²) in [6.45, 7) is 10.3. The third-order valence-corrected chi connectivity index (χ3v) is 17.3. The number of hydrogen-bond donors (Lipinski definition) is 10. The zero-order chi connectivity index (χ0) is 73.8. The fourth-order valence-corrected chi connectivity index (χ4v) is 11.0. The molecule has 0 fully saturated rings. The molecule has 10 N–H and O–H groups in total. The van der Waals surface area contributed by atoms with Gasteiger partial charge in [0.2, 0.25) is 47.3 Å². The Balaban J connectivity index is 1.13. The molecular formula is C72H96N16O14. The summed E-state index contributed by atoms with van der Waals surface area (Å²) in [6.07, 6.45) is 4.21. The lowest BCUT2D eigenvalue weighted by Gasteiger charge is -2.30. The number of carboxylic acids is 2. The van der Waals surface area contributed by atoms with Crippen molar-refractivity contribution in [1.29, 1.82) is 0 Å². The SMILES string of the molecule is CN[C@@H](C)C(=O)N[C@H](C(=O)N1CCc2cn(nn2)CCCOc2ccc(cc2)C[C@@H](C(=O)O)NC(=O)[C@H](Cc2ccccc2)NC(=O)CN(C(=O)[C@@H](NC(=O)[C@H](C)NC)C(C)C)CCc2cn(nn2)CCCOc2ccc(cc2)C[C@@H](C(=O)O)NC(=O)[C@H](Cc2ccccc2)NC(=O)C1)C(C)C. The van der Waals surface area contributed by atoms with E-state index in [2.05, 4.69) is 63.2 Å². The molecule has 4 aliphatic heterocycles. The van der Waals surface area contributed by atoms with Crippen LogP contribution in [0.4, 0.5) is 0 Å². The molecule has 0 saturated heterocycles. The number of carboxylic acid groups (broad SMARTS) is 2. The second-order valence-electron chi connectivity index (χ2n) is 26.0. The number of carbonyl (C=O) groups excluding carboxylic acids is 8. The van der Waals surface area contributed by atoms with E-state index in [9.17, 15) is 58.2 Å².